The van der Waals surface area contributed by atoms with E-state index < -0.39 is 0 Å². The van der Waals surface area contributed by atoms with Gasteiger partial charge in [0.2, 0.25) is 0 Å². The molecule has 0 N–H and O–H groups in total. The summed E-state index contributed by atoms with van der Waals surface area (Å²) in [5, 5.41) is 11.2. The van der Waals surface area contributed by atoms with Crippen LogP contribution in [0.3, 0.4) is 0 Å². The minimum Gasteiger partial charge on any atom is -0.364 e. The molecule has 0 aromatic carbocycles. The van der Waals surface area contributed by atoms with Gasteiger partial charge in [-0.3, -0.25) is 0 Å². The second kappa shape index (κ2) is 4.19. The Hall–Kier alpha value is -1.86. The fourth-order valence-electron chi connectivity index (χ4n) is 2.19. The maximum atomic E-state index is 9.07. The molecular formula is C13H11N3S. The highest BCUT2D eigenvalue weighted by molar-refractivity contribution is 7.10. The number of pyridine rings is 1. The van der Waals surface area contributed by atoms with Crippen LogP contribution in [0, 0.1) is 11.3 Å². The number of nitriles is 1. The molecule has 1 aliphatic heterocycles. The number of anilines is 1. The minimum atomic E-state index is 0.520. The smallest absolute Gasteiger partial charge is 0.163 e. The molecule has 17 heavy (non-hydrogen) atoms. The van der Waals surface area contributed by atoms with Crippen LogP contribution >= 0.6 is 11.3 Å². The Kier molecular flexibility index (Phi) is 2.54. The van der Waals surface area contributed by atoms with Gasteiger partial charge in [-0.1, -0.05) is 0 Å². The van der Waals surface area contributed by atoms with Crippen LogP contribution in [0.1, 0.15) is 16.1 Å². The van der Waals surface area contributed by atoms with Gasteiger partial charge >= 0.3 is 0 Å². The normalized spacial score (nSPS) is 14.2. The quantitative estimate of drug-likeness (QED) is 0.770. The van der Waals surface area contributed by atoms with Gasteiger partial charge in [0.1, 0.15) is 6.07 Å². The summed E-state index contributed by atoms with van der Waals surface area (Å²) in [6.07, 6.45) is 2.73. The molecule has 4 heteroatoms. The zero-order chi connectivity index (χ0) is 11.7. The molecule has 0 radical (unpaired) electrons. The summed E-state index contributed by atoms with van der Waals surface area (Å²) in [6, 6.07) is 8.20. The second-order valence-corrected chi connectivity index (χ2v) is 5.02. The van der Waals surface area contributed by atoms with Crippen molar-refractivity contribution in [2.75, 3.05) is 11.4 Å². The van der Waals surface area contributed by atoms with Crippen molar-refractivity contribution in [3.8, 4) is 6.07 Å². The zero-order valence-corrected chi connectivity index (χ0v) is 10.1. The Bertz CT molecular complexity index is 582. The highest BCUT2D eigenvalue weighted by Crippen LogP contribution is 2.28. The lowest BCUT2D eigenvalue weighted by Crippen LogP contribution is -2.30. The van der Waals surface area contributed by atoms with Crippen molar-refractivity contribution < 1.29 is 0 Å². The van der Waals surface area contributed by atoms with E-state index in [4.69, 9.17) is 5.26 Å². The lowest BCUT2D eigenvalue weighted by molar-refractivity contribution is 0.740. The number of nitrogens with zero attached hydrogens (tertiary/aromatic N) is 3. The van der Waals surface area contributed by atoms with Crippen LogP contribution in [0.25, 0.3) is 0 Å². The molecule has 0 saturated carbocycles. The van der Waals surface area contributed by atoms with E-state index in [2.05, 4.69) is 27.4 Å². The zero-order valence-electron chi connectivity index (χ0n) is 9.26. The Morgan fingerprint density at radius 1 is 1.41 bits per heavy atom. The van der Waals surface area contributed by atoms with Crippen LogP contribution < -0.4 is 4.90 Å². The maximum absolute atomic E-state index is 9.07. The van der Waals surface area contributed by atoms with Crippen LogP contribution in [0.2, 0.25) is 0 Å². The molecule has 0 spiro atoms. The molecular weight excluding hydrogens is 230 g/mol. The van der Waals surface area contributed by atoms with Gasteiger partial charge < -0.3 is 4.90 Å². The summed E-state index contributed by atoms with van der Waals surface area (Å²) >= 11 is 1.83. The van der Waals surface area contributed by atoms with E-state index in [9.17, 15) is 0 Å². The van der Waals surface area contributed by atoms with E-state index in [1.54, 1.807) is 6.20 Å². The van der Waals surface area contributed by atoms with Crippen LogP contribution in [0.5, 0.6) is 0 Å². The summed E-state index contributed by atoms with van der Waals surface area (Å²) in [5.41, 5.74) is 2.85. The fraction of sp³-hybridized carbons (Fsp3) is 0.231. The first-order valence-electron chi connectivity index (χ1n) is 5.54. The Labute approximate surface area is 104 Å². The third-order valence-electron chi connectivity index (χ3n) is 3.04. The standard InChI is InChI=1S/C13H11N3S/c14-8-11-12(2-1-5-15-11)16-6-3-13-10(9-16)4-7-17-13/h1-2,4-5,7H,3,6,9H2. The van der Waals surface area contributed by atoms with E-state index in [0.717, 1.165) is 25.2 Å². The van der Waals surface area contributed by atoms with Crippen LogP contribution in [-0.4, -0.2) is 11.5 Å². The monoisotopic (exact) mass is 241 g/mol. The summed E-state index contributed by atoms with van der Waals surface area (Å²) in [4.78, 5) is 7.83. The molecule has 0 aliphatic carbocycles. The number of aromatic nitrogens is 1. The third-order valence-corrected chi connectivity index (χ3v) is 4.06. The topological polar surface area (TPSA) is 39.9 Å². The van der Waals surface area contributed by atoms with Crippen molar-refractivity contribution in [2.24, 2.45) is 0 Å². The van der Waals surface area contributed by atoms with Crippen LogP contribution in [-0.2, 0) is 13.0 Å². The average Bonchev–Trinajstić information content (AvgIpc) is 2.85. The molecule has 3 rings (SSSR count). The number of hydrogen-bond acceptors (Lipinski definition) is 4. The SMILES string of the molecule is N#Cc1ncccc1N1CCc2sccc2C1. The maximum Gasteiger partial charge on any atom is 0.163 e. The van der Waals surface area contributed by atoms with E-state index in [-0.39, 0.29) is 0 Å². The molecule has 0 saturated heterocycles. The van der Waals surface area contributed by atoms with Gasteiger partial charge in [0.05, 0.1) is 5.69 Å². The lowest BCUT2D eigenvalue weighted by Gasteiger charge is -2.29. The Morgan fingerprint density at radius 3 is 3.24 bits per heavy atom. The van der Waals surface area contributed by atoms with Crippen molar-refractivity contribution >= 4 is 17.0 Å². The van der Waals surface area contributed by atoms with Gasteiger partial charge in [-0.05, 0) is 35.6 Å². The van der Waals surface area contributed by atoms with Gasteiger partial charge in [0, 0.05) is 24.2 Å². The van der Waals surface area contributed by atoms with E-state index in [1.165, 1.54) is 10.4 Å². The van der Waals surface area contributed by atoms with Gasteiger partial charge in [0.25, 0.3) is 0 Å². The molecule has 0 amide bonds. The molecule has 2 aromatic heterocycles. The van der Waals surface area contributed by atoms with Crippen molar-refractivity contribution in [1.29, 1.82) is 5.26 Å². The first-order chi connectivity index (χ1) is 8.38. The molecule has 2 aromatic rings. The van der Waals surface area contributed by atoms with Crippen molar-refractivity contribution in [1.82, 2.24) is 4.98 Å². The van der Waals surface area contributed by atoms with Crippen molar-refractivity contribution in [2.45, 2.75) is 13.0 Å². The predicted molar refractivity (Wildman–Crippen MR) is 68.0 cm³/mol. The van der Waals surface area contributed by atoms with Gasteiger partial charge in [-0.2, -0.15) is 5.26 Å². The Morgan fingerprint density at radius 2 is 2.35 bits per heavy atom. The van der Waals surface area contributed by atoms with Crippen LogP contribution in [0.4, 0.5) is 5.69 Å². The second-order valence-electron chi connectivity index (χ2n) is 4.02. The predicted octanol–water partition coefficient (Wildman–Crippen LogP) is 2.58. The number of fused-ring (bicyclic) bond motifs is 1. The number of rotatable bonds is 1. The molecule has 0 atom stereocenters. The lowest BCUT2D eigenvalue weighted by atomic mass is 10.1. The molecule has 3 heterocycles. The van der Waals surface area contributed by atoms with E-state index in [0.29, 0.717) is 5.69 Å². The first-order valence-corrected chi connectivity index (χ1v) is 6.42. The third kappa shape index (κ3) is 1.79. The Balaban J connectivity index is 1.95. The fourth-order valence-corrected chi connectivity index (χ4v) is 3.08. The number of hydrogen-bond donors (Lipinski definition) is 0. The molecule has 0 bridgehead atoms. The average molecular weight is 241 g/mol. The molecule has 0 unspecified atom stereocenters. The molecule has 0 fully saturated rings. The largest absolute Gasteiger partial charge is 0.364 e. The molecule has 3 nitrogen and oxygen atoms in total. The number of thiophene rings is 1. The van der Waals surface area contributed by atoms with E-state index >= 15 is 0 Å². The summed E-state index contributed by atoms with van der Waals surface area (Å²) in [5.74, 6) is 0. The van der Waals surface area contributed by atoms with Crippen molar-refractivity contribution in [3.05, 3.63) is 45.9 Å². The van der Waals surface area contributed by atoms with Gasteiger partial charge in [-0.25, -0.2) is 4.98 Å². The highest BCUT2D eigenvalue weighted by atomic mass is 32.1. The van der Waals surface area contributed by atoms with Gasteiger partial charge in [-0.15, -0.1) is 11.3 Å². The first kappa shape index (κ1) is 10.3. The summed E-state index contributed by atoms with van der Waals surface area (Å²) < 4.78 is 0. The molecule has 84 valence electrons. The van der Waals surface area contributed by atoms with Crippen LogP contribution in [0.15, 0.2) is 29.8 Å². The van der Waals surface area contributed by atoms with Crippen molar-refractivity contribution in [3.63, 3.8) is 0 Å². The van der Waals surface area contributed by atoms with E-state index in [1.807, 2.05) is 23.5 Å². The summed E-state index contributed by atoms with van der Waals surface area (Å²) in [7, 11) is 0. The minimum absolute atomic E-state index is 0.520. The highest BCUT2D eigenvalue weighted by Gasteiger charge is 2.19. The summed E-state index contributed by atoms with van der Waals surface area (Å²) in [6.45, 7) is 1.85. The molecule has 1 aliphatic rings. The van der Waals surface area contributed by atoms with Gasteiger partial charge in [0.15, 0.2) is 5.69 Å².